The summed E-state index contributed by atoms with van der Waals surface area (Å²) in [6.45, 7) is 13.1. The number of benzene rings is 2. The van der Waals surface area contributed by atoms with Gasteiger partial charge in [-0.3, -0.25) is 0 Å². The Kier molecular flexibility index (Phi) is 4.47. The van der Waals surface area contributed by atoms with E-state index >= 15 is 0 Å². The first-order chi connectivity index (χ1) is 12.1. The second-order valence-corrected chi connectivity index (χ2v) is 8.69. The van der Waals surface area contributed by atoms with Gasteiger partial charge >= 0.3 is 0 Å². The smallest absolute Gasteiger partial charge is 0.251 e. The highest BCUT2D eigenvalue weighted by Gasteiger charge is 2.22. The molecule has 0 aliphatic heterocycles. The van der Waals surface area contributed by atoms with Crippen molar-refractivity contribution in [3.8, 4) is 22.9 Å². The Bertz CT molecular complexity index is 898. The van der Waals surface area contributed by atoms with Gasteiger partial charge in [-0.05, 0) is 46.2 Å². The fraction of sp³-hybridized carbons (Fsp3) is 0.364. The van der Waals surface area contributed by atoms with Crippen molar-refractivity contribution < 1.29 is 8.81 Å². The van der Waals surface area contributed by atoms with Gasteiger partial charge in [-0.1, -0.05) is 59.7 Å². The quantitative estimate of drug-likeness (QED) is 0.556. The monoisotopic (exact) mass is 352 g/mol. The molecule has 3 nitrogen and oxygen atoms in total. The molecule has 1 aromatic heterocycles. The molecular formula is C22H25FN2O. The number of halogens is 1. The van der Waals surface area contributed by atoms with Crippen LogP contribution in [-0.4, -0.2) is 10.2 Å². The molecule has 0 amide bonds. The highest BCUT2D eigenvalue weighted by atomic mass is 19.1. The Labute approximate surface area is 154 Å². The van der Waals surface area contributed by atoms with E-state index in [0.29, 0.717) is 11.5 Å². The first-order valence-corrected chi connectivity index (χ1v) is 8.80. The molecule has 0 saturated carbocycles. The molecule has 0 unspecified atom stereocenters. The topological polar surface area (TPSA) is 38.9 Å². The summed E-state index contributed by atoms with van der Waals surface area (Å²) < 4.78 is 19.8. The maximum absolute atomic E-state index is 14.0. The van der Waals surface area contributed by atoms with Crippen LogP contribution in [0.1, 0.15) is 52.7 Å². The van der Waals surface area contributed by atoms with Crippen LogP contribution in [0.3, 0.4) is 0 Å². The SMILES string of the molecule is CC(C)(C)c1cc(-c2nnc(-c3ccccc3F)o2)cc(C(C)(C)C)c1. The van der Waals surface area contributed by atoms with Crippen LogP contribution in [0.2, 0.25) is 0 Å². The van der Waals surface area contributed by atoms with Gasteiger partial charge < -0.3 is 4.42 Å². The molecule has 1 heterocycles. The first-order valence-electron chi connectivity index (χ1n) is 8.80. The van der Waals surface area contributed by atoms with Crippen LogP contribution in [0, 0.1) is 5.82 Å². The van der Waals surface area contributed by atoms with Crippen LogP contribution in [0.5, 0.6) is 0 Å². The van der Waals surface area contributed by atoms with Gasteiger partial charge in [-0.15, -0.1) is 10.2 Å². The average Bonchev–Trinajstić information content (AvgIpc) is 3.03. The van der Waals surface area contributed by atoms with Crippen molar-refractivity contribution in [3.63, 3.8) is 0 Å². The van der Waals surface area contributed by atoms with Gasteiger partial charge in [0.25, 0.3) is 5.89 Å². The van der Waals surface area contributed by atoms with Gasteiger partial charge in [-0.25, -0.2) is 4.39 Å². The number of nitrogens with zero attached hydrogens (tertiary/aromatic N) is 2. The molecule has 4 heteroatoms. The van der Waals surface area contributed by atoms with Crippen LogP contribution in [0.25, 0.3) is 22.9 Å². The minimum Gasteiger partial charge on any atom is -0.416 e. The first kappa shape index (κ1) is 18.3. The summed E-state index contributed by atoms with van der Waals surface area (Å²) in [4.78, 5) is 0. The van der Waals surface area contributed by atoms with Crippen LogP contribution in [0.15, 0.2) is 46.9 Å². The third-order valence-electron chi connectivity index (χ3n) is 4.44. The molecular weight excluding hydrogens is 327 g/mol. The van der Waals surface area contributed by atoms with Gasteiger partial charge in [0.05, 0.1) is 5.56 Å². The molecule has 0 fully saturated rings. The molecule has 0 aliphatic rings. The molecule has 0 bridgehead atoms. The molecule has 0 spiro atoms. The Balaban J connectivity index is 2.11. The number of rotatable bonds is 2. The maximum atomic E-state index is 14.0. The average molecular weight is 352 g/mol. The van der Waals surface area contributed by atoms with Crippen molar-refractivity contribution >= 4 is 0 Å². The minimum absolute atomic E-state index is 0.00952. The fourth-order valence-electron chi connectivity index (χ4n) is 2.70. The summed E-state index contributed by atoms with van der Waals surface area (Å²) in [5.74, 6) is 0.220. The fourth-order valence-corrected chi connectivity index (χ4v) is 2.70. The van der Waals surface area contributed by atoms with E-state index in [1.54, 1.807) is 18.2 Å². The second kappa shape index (κ2) is 6.35. The van der Waals surface area contributed by atoms with Gasteiger partial charge in [0.15, 0.2) is 0 Å². The van der Waals surface area contributed by atoms with E-state index in [9.17, 15) is 4.39 Å². The molecule has 0 aliphatic carbocycles. The zero-order chi connectivity index (χ0) is 19.1. The van der Waals surface area contributed by atoms with E-state index in [0.717, 1.165) is 5.56 Å². The minimum atomic E-state index is -0.374. The van der Waals surface area contributed by atoms with Crippen LogP contribution in [-0.2, 0) is 10.8 Å². The number of aromatic nitrogens is 2. The molecule has 0 radical (unpaired) electrons. The van der Waals surface area contributed by atoms with Crippen LogP contribution < -0.4 is 0 Å². The lowest BCUT2D eigenvalue weighted by Gasteiger charge is -2.25. The molecule has 0 atom stereocenters. The largest absolute Gasteiger partial charge is 0.416 e. The molecule has 3 aromatic rings. The molecule has 0 saturated heterocycles. The Morgan fingerprint density at radius 1 is 0.769 bits per heavy atom. The summed E-state index contributed by atoms with van der Waals surface area (Å²) in [6.07, 6.45) is 0. The maximum Gasteiger partial charge on any atom is 0.251 e. The molecule has 2 aromatic carbocycles. The van der Waals surface area contributed by atoms with E-state index in [4.69, 9.17) is 4.42 Å². The van der Waals surface area contributed by atoms with E-state index in [-0.39, 0.29) is 22.5 Å². The lowest BCUT2D eigenvalue weighted by atomic mass is 9.79. The summed E-state index contributed by atoms with van der Waals surface area (Å²) >= 11 is 0. The third kappa shape index (κ3) is 3.69. The summed E-state index contributed by atoms with van der Waals surface area (Å²) in [5.41, 5.74) is 3.55. The van der Waals surface area contributed by atoms with E-state index in [2.05, 4.69) is 69.9 Å². The van der Waals surface area contributed by atoms with Crippen LogP contribution in [0.4, 0.5) is 4.39 Å². The zero-order valence-corrected chi connectivity index (χ0v) is 16.2. The Morgan fingerprint density at radius 2 is 1.31 bits per heavy atom. The van der Waals surface area contributed by atoms with Gasteiger partial charge in [0.1, 0.15) is 5.82 Å². The van der Waals surface area contributed by atoms with E-state index in [1.807, 2.05) is 0 Å². The lowest BCUT2D eigenvalue weighted by Crippen LogP contribution is -2.16. The van der Waals surface area contributed by atoms with Crippen molar-refractivity contribution in [3.05, 3.63) is 59.4 Å². The van der Waals surface area contributed by atoms with Gasteiger partial charge in [-0.2, -0.15) is 0 Å². The summed E-state index contributed by atoms with van der Waals surface area (Å²) in [7, 11) is 0. The number of hydrogen-bond acceptors (Lipinski definition) is 3. The second-order valence-electron chi connectivity index (χ2n) is 8.69. The molecule has 3 rings (SSSR count). The molecule has 26 heavy (non-hydrogen) atoms. The number of hydrogen-bond donors (Lipinski definition) is 0. The Morgan fingerprint density at radius 3 is 1.85 bits per heavy atom. The predicted molar refractivity (Wildman–Crippen MR) is 103 cm³/mol. The standard InChI is InChI=1S/C22H25FN2O/c1-21(2,3)15-11-14(12-16(13-15)22(4,5)6)19-24-25-20(26-19)17-9-7-8-10-18(17)23/h7-13H,1-6H3. The van der Waals surface area contributed by atoms with Crippen LogP contribution >= 0.6 is 0 Å². The summed E-state index contributed by atoms with van der Waals surface area (Å²) in [5, 5.41) is 8.22. The van der Waals surface area contributed by atoms with E-state index in [1.165, 1.54) is 17.2 Å². The van der Waals surface area contributed by atoms with Crippen molar-refractivity contribution in [2.45, 2.75) is 52.4 Å². The summed E-state index contributed by atoms with van der Waals surface area (Å²) in [6, 6.07) is 12.8. The normalized spacial score (nSPS) is 12.4. The van der Waals surface area contributed by atoms with Crippen molar-refractivity contribution in [1.82, 2.24) is 10.2 Å². The molecule has 0 N–H and O–H groups in total. The highest BCUT2D eigenvalue weighted by Crippen LogP contribution is 2.34. The van der Waals surface area contributed by atoms with Crippen molar-refractivity contribution in [1.29, 1.82) is 0 Å². The predicted octanol–water partition coefficient (Wildman–Crippen LogP) is 6.14. The van der Waals surface area contributed by atoms with Gasteiger partial charge in [0.2, 0.25) is 5.89 Å². The van der Waals surface area contributed by atoms with Gasteiger partial charge in [0, 0.05) is 5.56 Å². The third-order valence-corrected chi connectivity index (χ3v) is 4.44. The van der Waals surface area contributed by atoms with E-state index < -0.39 is 0 Å². The lowest BCUT2D eigenvalue weighted by molar-refractivity contribution is 0.561. The highest BCUT2D eigenvalue weighted by molar-refractivity contribution is 5.61. The van der Waals surface area contributed by atoms with Crippen molar-refractivity contribution in [2.75, 3.05) is 0 Å². The molecule has 136 valence electrons. The zero-order valence-electron chi connectivity index (χ0n) is 16.2. The Hall–Kier alpha value is -2.49. The van der Waals surface area contributed by atoms with Crippen molar-refractivity contribution in [2.24, 2.45) is 0 Å².